The number of nitrogens with zero attached hydrogens (tertiary/aromatic N) is 1. The van der Waals surface area contributed by atoms with E-state index in [1.54, 1.807) is 25.2 Å². The molecule has 0 aliphatic carbocycles. The van der Waals surface area contributed by atoms with Crippen molar-refractivity contribution in [2.75, 3.05) is 18.5 Å². The van der Waals surface area contributed by atoms with Gasteiger partial charge < -0.3 is 15.7 Å². The van der Waals surface area contributed by atoms with E-state index in [0.717, 1.165) is 0 Å². The van der Waals surface area contributed by atoms with Gasteiger partial charge in [-0.15, -0.1) is 0 Å². The van der Waals surface area contributed by atoms with Gasteiger partial charge in [0.25, 0.3) is 0 Å². The lowest BCUT2D eigenvalue weighted by molar-refractivity contribution is -0.127. The van der Waals surface area contributed by atoms with Crippen LogP contribution in [-0.2, 0) is 4.79 Å². The third kappa shape index (κ3) is 2.82. The minimum Gasteiger partial charge on any atom is -0.478 e. The van der Waals surface area contributed by atoms with Gasteiger partial charge in [-0.3, -0.25) is 4.79 Å². The minimum atomic E-state index is -1.05. The van der Waals surface area contributed by atoms with Crippen molar-refractivity contribution in [1.29, 1.82) is 0 Å². The summed E-state index contributed by atoms with van der Waals surface area (Å²) < 4.78 is 0. The molecule has 1 aromatic rings. The summed E-state index contributed by atoms with van der Waals surface area (Å²) in [5.74, 6) is -1.19. The zero-order valence-electron chi connectivity index (χ0n) is 12.2. The van der Waals surface area contributed by atoms with Crippen LogP contribution in [0.5, 0.6) is 0 Å². The van der Waals surface area contributed by atoms with E-state index in [4.69, 9.17) is 5.73 Å². The summed E-state index contributed by atoms with van der Waals surface area (Å²) in [4.78, 5) is 25.3. The smallest absolute Gasteiger partial charge is 0.337 e. The van der Waals surface area contributed by atoms with Crippen molar-refractivity contribution in [2.45, 2.75) is 26.7 Å². The molecule has 0 saturated heterocycles. The van der Waals surface area contributed by atoms with Gasteiger partial charge in [0.1, 0.15) is 0 Å². The number of carbonyl (C=O) groups is 2. The van der Waals surface area contributed by atoms with Gasteiger partial charge in [0.15, 0.2) is 0 Å². The lowest BCUT2D eigenvalue weighted by Gasteiger charge is -2.33. The third-order valence-corrected chi connectivity index (χ3v) is 4.00. The van der Waals surface area contributed by atoms with Crippen LogP contribution in [0.4, 0.5) is 5.69 Å². The van der Waals surface area contributed by atoms with Gasteiger partial charge in [-0.1, -0.05) is 26.0 Å². The van der Waals surface area contributed by atoms with Crippen molar-refractivity contribution < 1.29 is 14.7 Å². The standard InChI is InChI=1S/C15H22N2O3/c1-4-15(5-2,10-16)14(20)17(3)12-9-7-6-8-11(12)13(18)19/h6-9H,4-5,10,16H2,1-3H3,(H,18,19). The fourth-order valence-corrected chi connectivity index (χ4v) is 2.34. The molecule has 0 bridgehead atoms. The molecular weight excluding hydrogens is 256 g/mol. The van der Waals surface area contributed by atoms with Crippen LogP contribution in [0, 0.1) is 5.41 Å². The quantitative estimate of drug-likeness (QED) is 0.834. The molecule has 0 fully saturated rings. The highest BCUT2D eigenvalue weighted by Crippen LogP contribution is 2.30. The topological polar surface area (TPSA) is 83.6 Å². The van der Waals surface area contributed by atoms with E-state index < -0.39 is 11.4 Å². The second-order valence-corrected chi connectivity index (χ2v) is 4.88. The Morgan fingerprint density at radius 3 is 2.25 bits per heavy atom. The fraction of sp³-hybridized carbons (Fsp3) is 0.467. The number of carboxylic acid groups (broad SMARTS) is 1. The van der Waals surface area contributed by atoms with E-state index in [0.29, 0.717) is 18.5 Å². The molecular formula is C15H22N2O3. The molecule has 0 radical (unpaired) electrons. The largest absolute Gasteiger partial charge is 0.478 e. The molecule has 0 saturated carbocycles. The predicted octanol–water partition coefficient (Wildman–Crippen LogP) is 2.11. The van der Waals surface area contributed by atoms with Gasteiger partial charge in [0.2, 0.25) is 5.91 Å². The zero-order chi connectivity index (χ0) is 15.3. The molecule has 0 unspecified atom stereocenters. The Morgan fingerprint density at radius 2 is 1.80 bits per heavy atom. The molecule has 20 heavy (non-hydrogen) atoms. The second-order valence-electron chi connectivity index (χ2n) is 4.88. The maximum atomic E-state index is 12.7. The molecule has 0 spiro atoms. The Bertz CT molecular complexity index is 487. The Labute approximate surface area is 119 Å². The number of benzene rings is 1. The van der Waals surface area contributed by atoms with Crippen molar-refractivity contribution in [2.24, 2.45) is 11.1 Å². The molecule has 1 amide bonds. The summed E-state index contributed by atoms with van der Waals surface area (Å²) in [6.07, 6.45) is 1.25. The lowest BCUT2D eigenvalue weighted by atomic mass is 9.81. The highest BCUT2D eigenvalue weighted by atomic mass is 16.4. The summed E-state index contributed by atoms with van der Waals surface area (Å²) >= 11 is 0. The number of carbonyl (C=O) groups excluding carboxylic acids is 1. The van der Waals surface area contributed by atoms with Crippen LogP contribution in [0.1, 0.15) is 37.0 Å². The molecule has 0 aliphatic rings. The number of amides is 1. The number of aromatic carboxylic acids is 1. The first-order valence-electron chi connectivity index (χ1n) is 6.74. The van der Waals surface area contributed by atoms with Crippen LogP contribution >= 0.6 is 0 Å². The molecule has 5 heteroatoms. The van der Waals surface area contributed by atoms with Crippen molar-refractivity contribution in [3.63, 3.8) is 0 Å². The average Bonchev–Trinajstić information content (AvgIpc) is 2.48. The monoisotopic (exact) mass is 278 g/mol. The van der Waals surface area contributed by atoms with Gasteiger partial charge in [-0.05, 0) is 25.0 Å². The molecule has 1 rings (SSSR count). The summed E-state index contributed by atoms with van der Waals surface area (Å²) in [5.41, 5.74) is 5.65. The van der Waals surface area contributed by atoms with Crippen molar-refractivity contribution in [1.82, 2.24) is 0 Å². The minimum absolute atomic E-state index is 0.112. The molecule has 5 nitrogen and oxygen atoms in total. The van der Waals surface area contributed by atoms with Crippen LogP contribution in [-0.4, -0.2) is 30.6 Å². The highest BCUT2D eigenvalue weighted by molar-refractivity contribution is 6.03. The molecule has 1 aromatic carbocycles. The van der Waals surface area contributed by atoms with E-state index in [2.05, 4.69) is 0 Å². The first-order chi connectivity index (χ1) is 9.43. The van der Waals surface area contributed by atoms with Gasteiger partial charge in [0.05, 0.1) is 16.7 Å². The summed E-state index contributed by atoms with van der Waals surface area (Å²) in [6, 6.07) is 6.48. The maximum Gasteiger partial charge on any atom is 0.337 e. The third-order valence-electron chi connectivity index (χ3n) is 4.00. The SMILES string of the molecule is CCC(CC)(CN)C(=O)N(C)c1ccccc1C(=O)O. The first-order valence-corrected chi connectivity index (χ1v) is 6.74. The summed E-state index contributed by atoms with van der Waals surface area (Å²) in [6.45, 7) is 4.09. The fourth-order valence-electron chi connectivity index (χ4n) is 2.34. The van der Waals surface area contributed by atoms with Crippen LogP contribution in [0.25, 0.3) is 0 Å². The van der Waals surface area contributed by atoms with E-state index in [-0.39, 0.29) is 18.0 Å². The summed E-state index contributed by atoms with van der Waals surface area (Å²) in [7, 11) is 1.60. The Morgan fingerprint density at radius 1 is 1.25 bits per heavy atom. The van der Waals surface area contributed by atoms with Crippen molar-refractivity contribution in [3.8, 4) is 0 Å². The van der Waals surface area contributed by atoms with Crippen LogP contribution in [0.3, 0.4) is 0 Å². The first kappa shape index (κ1) is 16.2. The maximum absolute atomic E-state index is 12.7. The van der Waals surface area contributed by atoms with E-state index in [9.17, 15) is 14.7 Å². The Kier molecular flexibility index (Phi) is 5.27. The van der Waals surface area contributed by atoms with Crippen LogP contribution < -0.4 is 10.6 Å². The molecule has 0 heterocycles. The van der Waals surface area contributed by atoms with E-state index in [1.165, 1.54) is 11.0 Å². The normalized spacial score (nSPS) is 11.2. The van der Waals surface area contributed by atoms with E-state index in [1.807, 2.05) is 13.8 Å². The predicted molar refractivity (Wildman–Crippen MR) is 78.9 cm³/mol. The second kappa shape index (κ2) is 6.52. The average molecular weight is 278 g/mol. The molecule has 3 N–H and O–H groups in total. The molecule has 0 aliphatic heterocycles. The number of anilines is 1. The number of rotatable bonds is 6. The lowest BCUT2D eigenvalue weighted by Crippen LogP contribution is -2.46. The van der Waals surface area contributed by atoms with Gasteiger partial charge in [-0.25, -0.2) is 4.79 Å². The number of hydrogen-bond donors (Lipinski definition) is 2. The Hall–Kier alpha value is -1.88. The molecule has 0 atom stereocenters. The van der Waals surface area contributed by atoms with Crippen molar-refractivity contribution >= 4 is 17.6 Å². The van der Waals surface area contributed by atoms with E-state index >= 15 is 0 Å². The van der Waals surface area contributed by atoms with Crippen LogP contribution in [0.2, 0.25) is 0 Å². The number of hydrogen-bond acceptors (Lipinski definition) is 3. The zero-order valence-corrected chi connectivity index (χ0v) is 12.2. The van der Waals surface area contributed by atoms with Gasteiger partial charge in [-0.2, -0.15) is 0 Å². The number of nitrogens with two attached hydrogens (primary N) is 1. The molecule has 110 valence electrons. The van der Waals surface area contributed by atoms with Crippen molar-refractivity contribution in [3.05, 3.63) is 29.8 Å². The molecule has 0 aromatic heterocycles. The van der Waals surface area contributed by atoms with Crippen LogP contribution in [0.15, 0.2) is 24.3 Å². The van der Waals surface area contributed by atoms with Gasteiger partial charge >= 0.3 is 5.97 Å². The number of para-hydroxylation sites is 1. The van der Waals surface area contributed by atoms with Gasteiger partial charge in [0, 0.05) is 13.6 Å². The Balaban J connectivity index is 3.21. The summed E-state index contributed by atoms with van der Waals surface area (Å²) in [5, 5.41) is 9.21. The number of carboxylic acids is 1. The highest BCUT2D eigenvalue weighted by Gasteiger charge is 2.36.